The number of methoxy groups -OCH3 is 1. The highest BCUT2D eigenvalue weighted by molar-refractivity contribution is 5.92. The maximum absolute atomic E-state index is 11.3. The minimum atomic E-state index is -0.982. The molecule has 0 bridgehead atoms. The van der Waals surface area contributed by atoms with Crippen LogP contribution in [0.4, 0.5) is 5.69 Å². The highest BCUT2D eigenvalue weighted by Crippen LogP contribution is 2.15. The lowest BCUT2D eigenvalue weighted by Gasteiger charge is -2.05. The lowest BCUT2D eigenvalue weighted by atomic mass is 10.2. The number of anilines is 1. The fourth-order valence-electron chi connectivity index (χ4n) is 1.12. The highest BCUT2D eigenvalue weighted by atomic mass is 16.5. The average molecular weight is 223 g/mol. The Labute approximate surface area is 93.0 Å². The number of rotatable bonds is 5. The predicted octanol–water partition coefficient (Wildman–Crippen LogP) is 1.50. The van der Waals surface area contributed by atoms with Crippen molar-refractivity contribution >= 4 is 17.6 Å². The van der Waals surface area contributed by atoms with E-state index in [2.05, 4.69) is 5.32 Å². The number of aliphatic carboxylic acids is 1. The van der Waals surface area contributed by atoms with Crippen molar-refractivity contribution in [3.8, 4) is 5.75 Å². The molecule has 2 N–H and O–H groups in total. The van der Waals surface area contributed by atoms with Gasteiger partial charge in [-0.3, -0.25) is 9.59 Å². The maximum Gasteiger partial charge on any atom is 0.303 e. The third-order valence-corrected chi connectivity index (χ3v) is 1.94. The zero-order chi connectivity index (χ0) is 12.0. The van der Waals surface area contributed by atoms with Gasteiger partial charge in [-0.15, -0.1) is 0 Å². The molecule has 0 heterocycles. The standard InChI is InChI=1S/C11H13NO4/c1-16-9-4-2-8(3-5-9)12-10(13)6-7-11(14)15/h2-5H,6-7H2,1H3,(H,12,13)(H,14,15). The number of hydrogen-bond acceptors (Lipinski definition) is 3. The van der Waals surface area contributed by atoms with Gasteiger partial charge in [0.15, 0.2) is 0 Å². The largest absolute Gasteiger partial charge is 0.497 e. The van der Waals surface area contributed by atoms with Crippen LogP contribution < -0.4 is 10.1 Å². The summed E-state index contributed by atoms with van der Waals surface area (Å²) >= 11 is 0. The molecule has 5 nitrogen and oxygen atoms in total. The van der Waals surface area contributed by atoms with Gasteiger partial charge in [0.2, 0.25) is 5.91 Å². The van der Waals surface area contributed by atoms with E-state index in [9.17, 15) is 9.59 Å². The van der Waals surface area contributed by atoms with Gasteiger partial charge in [-0.1, -0.05) is 0 Å². The van der Waals surface area contributed by atoms with Gasteiger partial charge in [-0.25, -0.2) is 0 Å². The Morgan fingerprint density at radius 1 is 1.25 bits per heavy atom. The van der Waals surface area contributed by atoms with E-state index in [-0.39, 0.29) is 18.7 Å². The van der Waals surface area contributed by atoms with Crippen LogP contribution in [-0.2, 0) is 9.59 Å². The van der Waals surface area contributed by atoms with E-state index in [0.717, 1.165) is 0 Å². The summed E-state index contributed by atoms with van der Waals surface area (Å²) in [4.78, 5) is 21.5. The first-order chi connectivity index (χ1) is 7.61. The third-order valence-electron chi connectivity index (χ3n) is 1.94. The first kappa shape index (κ1) is 12.0. The molecule has 0 saturated carbocycles. The number of benzene rings is 1. The molecule has 0 aliphatic heterocycles. The lowest BCUT2D eigenvalue weighted by molar-refractivity contribution is -0.138. The zero-order valence-electron chi connectivity index (χ0n) is 8.90. The summed E-state index contributed by atoms with van der Waals surface area (Å²) in [6.45, 7) is 0. The van der Waals surface area contributed by atoms with Crippen molar-refractivity contribution in [2.24, 2.45) is 0 Å². The van der Waals surface area contributed by atoms with Crippen LogP contribution in [0.15, 0.2) is 24.3 Å². The molecule has 0 saturated heterocycles. The summed E-state index contributed by atoms with van der Waals surface area (Å²) in [5, 5.41) is 11.0. The minimum Gasteiger partial charge on any atom is -0.497 e. The Hall–Kier alpha value is -2.04. The summed E-state index contributed by atoms with van der Waals surface area (Å²) < 4.78 is 4.96. The van der Waals surface area contributed by atoms with Gasteiger partial charge in [0.25, 0.3) is 0 Å². The average Bonchev–Trinajstić information content (AvgIpc) is 2.27. The smallest absolute Gasteiger partial charge is 0.303 e. The summed E-state index contributed by atoms with van der Waals surface area (Å²) in [7, 11) is 1.56. The van der Waals surface area contributed by atoms with Gasteiger partial charge in [0.05, 0.1) is 13.5 Å². The molecule has 1 aromatic rings. The van der Waals surface area contributed by atoms with Crippen LogP contribution in [-0.4, -0.2) is 24.1 Å². The number of carboxylic acid groups (broad SMARTS) is 1. The molecule has 5 heteroatoms. The molecule has 0 radical (unpaired) electrons. The van der Waals surface area contributed by atoms with Crippen molar-refractivity contribution in [3.63, 3.8) is 0 Å². The molecule has 0 aromatic heterocycles. The molecule has 0 spiro atoms. The quantitative estimate of drug-likeness (QED) is 0.793. The van der Waals surface area contributed by atoms with E-state index in [1.807, 2.05) is 0 Å². The van der Waals surface area contributed by atoms with Crippen LogP contribution in [0.2, 0.25) is 0 Å². The van der Waals surface area contributed by atoms with Gasteiger partial charge in [0, 0.05) is 12.1 Å². The summed E-state index contributed by atoms with van der Waals surface area (Å²) in [6.07, 6.45) is -0.191. The topological polar surface area (TPSA) is 75.6 Å². The van der Waals surface area contributed by atoms with Crippen molar-refractivity contribution in [2.75, 3.05) is 12.4 Å². The minimum absolute atomic E-state index is 0.0264. The van der Waals surface area contributed by atoms with Crippen molar-refractivity contribution < 1.29 is 19.4 Å². The number of carbonyl (C=O) groups is 2. The van der Waals surface area contributed by atoms with Crippen LogP contribution in [0.1, 0.15) is 12.8 Å². The van der Waals surface area contributed by atoms with E-state index in [1.54, 1.807) is 31.4 Å². The number of ether oxygens (including phenoxy) is 1. The predicted molar refractivity (Wildman–Crippen MR) is 58.5 cm³/mol. The first-order valence-electron chi connectivity index (χ1n) is 4.77. The molecule has 0 aliphatic carbocycles. The van der Waals surface area contributed by atoms with Gasteiger partial charge in [0.1, 0.15) is 5.75 Å². The second kappa shape index (κ2) is 5.75. The van der Waals surface area contributed by atoms with E-state index >= 15 is 0 Å². The molecule has 86 valence electrons. The van der Waals surface area contributed by atoms with Crippen molar-refractivity contribution in [1.29, 1.82) is 0 Å². The number of carboxylic acids is 1. The maximum atomic E-state index is 11.3. The van der Waals surface area contributed by atoms with Crippen LogP contribution in [0.3, 0.4) is 0 Å². The van der Waals surface area contributed by atoms with Crippen molar-refractivity contribution in [3.05, 3.63) is 24.3 Å². The molecule has 0 unspecified atom stereocenters. The Morgan fingerprint density at radius 3 is 2.38 bits per heavy atom. The molecule has 1 aromatic carbocycles. The molecule has 0 atom stereocenters. The third kappa shape index (κ3) is 4.00. The number of carbonyl (C=O) groups excluding carboxylic acids is 1. The van der Waals surface area contributed by atoms with Crippen LogP contribution in [0.25, 0.3) is 0 Å². The first-order valence-corrected chi connectivity index (χ1v) is 4.77. The Kier molecular flexibility index (Phi) is 4.32. The monoisotopic (exact) mass is 223 g/mol. The van der Waals surface area contributed by atoms with Gasteiger partial charge >= 0.3 is 5.97 Å². The second-order valence-corrected chi connectivity index (χ2v) is 3.17. The number of hydrogen-bond donors (Lipinski definition) is 2. The van der Waals surface area contributed by atoms with E-state index in [1.165, 1.54) is 0 Å². The summed E-state index contributed by atoms with van der Waals surface area (Å²) in [5.74, 6) is -0.596. The van der Waals surface area contributed by atoms with E-state index < -0.39 is 5.97 Å². The summed E-state index contributed by atoms with van der Waals surface area (Å²) in [5.41, 5.74) is 0.621. The van der Waals surface area contributed by atoms with Gasteiger partial charge in [-0.2, -0.15) is 0 Å². The van der Waals surface area contributed by atoms with Crippen molar-refractivity contribution in [1.82, 2.24) is 0 Å². The Morgan fingerprint density at radius 2 is 1.88 bits per heavy atom. The molecule has 0 aliphatic rings. The molecular formula is C11H13NO4. The lowest BCUT2D eigenvalue weighted by Crippen LogP contribution is -2.12. The Balaban J connectivity index is 2.46. The second-order valence-electron chi connectivity index (χ2n) is 3.17. The van der Waals surface area contributed by atoms with Crippen LogP contribution >= 0.6 is 0 Å². The van der Waals surface area contributed by atoms with Crippen LogP contribution in [0, 0.1) is 0 Å². The van der Waals surface area contributed by atoms with E-state index in [4.69, 9.17) is 9.84 Å². The fraction of sp³-hybridized carbons (Fsp3) is 0.273. The molecule has 0 fully saturated rings. The number of amides is 1. The fourth-order valence-corrected chi connectivity index (χ4v) is 1.12. The summed E-state index contributed by atoms with van der Waals surface area (Å²) in [6, 6.07) is 6.81. The zero-order valence-corrected chi connectivity index (χ0v) is 8.90. The Bertz CT molecular complexity index is 372. The number of nitrogens with one attached hydrogen (secondary N) is 1. The van der Waals surface area contributed by atoms with Crippen molar-refractivity contribution in [2.45, 2.75) is 12.8 Å². The molecule has 16 heavy (non-hydrogen) atoms. The van der Waals surface area contributed by atoms with Gasteiger partial charge in [-0.05, 0) is 24.3 Å². The SMILES string of the molecule is COc1ccc(NC(=O)CCC(=O)O)cc1. The highest BCUT2D eigenvalue weighted by Gasteiger charge is 2.05. The molecule has 1 rings (SSSR count). The normalized spacial score (nSPS) is 9.56. The van der Waals surface area contributed by atoms with Crippen LogP contribution in [0.5, 0.6) is 5.75 Å². The van der Waals surface area contributed by atoms with Gasteiger partial charge < -0.3 is 15.2 Å². The molecule has 1 amide bonds. The molecular weight excluding hydrogens is 210 g/mol. The van der Waals surface area contributed by atoms with E-state index in [0.29, 0.717) is 11.4 Å².